The van der Waals surface area contributed by atoms with Gasteiger partial charge >= 0.3 is 0 Å². The summed E-state index contributed by atoms with van der Waals surface area (Å²) in [6.45, 7) is 7.02. The number of aryl methyl sites for hydroxylation is 1. The number of amides is 1. The van der Waals surface area contributed by atoms with Crippen molar-refractivity contribution in [3.63, 3.8) is 0 Å². The predicted octanol–water partition coefficient (Wildman–Crippen LogP) is 4.98. The zero-order valence-electron chi connectivity index (χ0n) is 25.4. The molecule has 3 heterocycles. The molecule has 238 valence electrons. The van der Waals surface area contributed by atoms with Gasteiger partial charge in [0, 0.05) is 41.7 Å². The van der Waals surface area contributed by atoms with E-state index in [1.807, 2.05) is 17.0 Å². The number of aliphatic hydroxyl groups is 1. The second-order valence-corrected chi connectivity index (χ2v) is 15.6. The van der Waals surface area contributed by atoms with Gasteiger partial charge < -0.3 is 14.7 Å². The number of halogens is 2. The van der Waals surface area contributed by atoms with Crippen molar-refractivity contribution in [2.75, 3.05) is 31.1 Å². The van der Waals surface area contributed by atoms with Gasteiger partial charge in [-0.1, -0.05) is 30.7 Å². The highest BCUT2D eigenvalue weighted by atomic mass is 35.5. The van der Waals surface area contributed by atoms with Gasteiger partial charge in [-0.25, -0.2) is 17.5 Å². The van der Waals surface area contributed by atoms with Gasteiger partial charge in [0.1, 0.15) is 11.6 Å². The Labute approximate surface area is 264 Å². The Morgan fingerprint density at radius 3 is 2.73 bits per heavy atom. The van der Waals surface area contributed by atoms with E-state index in [2.05, 4.69) is 15.7 Å². The van der Waals surface area contributed by atoms with Crippen molar-refractivity contribution >= 4 is 33.2 Å². The molecule has 2 N–H and O–H groups in total. The summed E-state index contributed by atoms with van der Waals surface area (Å²) in [6, 6.07) is 10.2. The number of fused-ring (bicyclic) bond motifs is 4. The molecule has 6 atom stereocenters. The largest absolute Gasteiger partial charge is 0.490 e. The van der Waals surface area contributed by atoms with Crippen LogP contribution in [0.15, 0.2) is 48.3 Å². The Morgan fingerprint density at radius 1 is 1.20 bits per heavy atom. The molecule has 6 rings (SSSR count). The van der Waals surface area contributed by atoms with Crippen LogP contribution in [0.2, 0.25) is 5.02 Å². The fourth-order valence-corrected chi connectivity index (χ4v) is 8.88. The van der Waals surface area contributed by atoms with Crippen LogP contribution in [-0.4, -0.2) is 74.0 Å². The Hall–Kier alpha value is -2.66. The molecule has 4 aliphatic rings. The third-order valence-electron chi connectivity index (χ3n) is 10.2. The summed E-state index contributed by atoms with van der Waals surface area (Å²) in [7, 11) is -4.06. The van der Waals surface area contributed by atoms with Crippen molar-refractivity contribution in [2.24, 2.45) is 5.92 Å². The smallest absolute Gasteiger partial charge is 0.264 e. The summed E-state index contributed by atoms with van der Waals surface area (Å²) >= 11 is 6.38. The molecule has 8 nitrogen and oxygen atoms in total. The second-order valence-electron chi connectivity index (χ2n) is 13.1. The number of allylic oxidation sites excluding steroid dienone is 1. The summed E-state index contributed by atoms with van der Waals surface area (Å²) in [5.41, 5.74) is 2.96. The minimum atomic E-state index is -4.06. The van der Waals surface area contributed by atoms with Gasteiger partial charge in [-0.2, -0.15) is 0 Å². The van der Waals surface area contributed by atoms with Gasteiger partial charge in [0.05, 0.1) is 29.7 Å². The summed E-state index contributed by atoms with van der Waals surface area (Å²) in [4.78, 5) is 17.6. The number of carbonyl (C=O) groups is 1. The third kappa shape index (κ3) is 5.74. The highest BCUT2D eigenvalue weighted by molar-refractivity contribution is 7.90. The topological polar surface area (TPSA) is 99.2 Å². The normalized spacial score (nSPS) is 32.5. The minimum absolute atomic E-state index is 0.0489. The maximum atomic E-state index is 15.8. The van der Waals surface area contributed by atoms with E-state index in [1.54, 1.807) is 32.0 Å². The summed E-state index contributed by atoms with van der Waals surface area (Å²) < 4.78 is 51.0. The number of aliphatic hydroxyl groups excluding tert-OH is 1. The molecule has 2 bridgehead atoms. The molecule has 0 unspecified atom stereocenters. The first-order valence-electron chi connectivity index (χ1n) is 15.5. The molecular formula is C33H41ClFN3O5S. The number of benzene rings is 2. The molecule has 0 saturated carbocycles. The zero-order valence-corrected chi connectivity index (χ0v) is 27.0. The predicted molar refractivity (Wildman–Crippen MR) is 170 cm³/mol. The van der Waals surface area contributed by atoms with Crippen LogP contribution in [0.25, 0.3) is 0 Å². The number of hydrogen-bond acceptors (Lipinski definition) is 7. The molecule has 1 saturated heterocycles. The Morgan fingerprint density at radius 2 is 2.00 bits per heavy atom. The lowest BCUT2D eigenvalue weighted by molar-refractivity contribution is -0.00917. The van der Waals surface area contributed by atoms with Crippen molar-refractivity contribution in [3.8, 4) is 5.75 Å². The first kappa shape index (κ1) is 31.3. The van der Waals surface area contributed by atoms with E-state index in [1.165, 1.54) is 24.1 Å². The average molecular weight is 646 g/mol. The highest BCUT2D eigenvalue weighted by Gasteiger charge is 2.45. The van der Waals surface area contributed by atoms with E-state index >= 15 is 4.39 Å². The van der Waals surface area contributed by atoms with Crippen molar-refractivity contribution in [1.29, 1.82) is 0 Å². The minimum Gasteiger partial charge on any atom is -0.490 e. The molecule has 1 amide bonds. The Balaban J connectivity index is 1.45. The number of nitrogens with zero attached hydrogens (tertiary/aromatic N) is 2. The van der Waals surface area contributed by atoms with E-state index in [0.29, 0.717) is 42.7 Å². The van der Waals surface area contributed by atoms with Crippen LogP contribution in [0.3, 0.4) is 0 Å². The van der Waals surface area contributed by atoms with Gasteiger partial charge in [-0.15, -0.1) is 0 Å². The fourth-order valence-electron chi connectivity index (χ4n) is 7.40. The number of rotatable bonds is 1. The van der Waals surface area contributed by atoms with Crippen molar-refractivity contribution < 1.29 is 27.4 Å². The molecule has 1 spiro atoms. The Bertz CT molecular complexity index is 1580. The molecule has 2 aromatic rings. The monoisotopic (exact) mass is 645 g/mol. The van der Waals surface area contributed by atoms with Gasteiger partial charge in [0.25, 0.3) is 5.91 Å². The Kier molecular flexibility index (Phi) is 8.49. The standard InChI is InChI=1S/C33H41ClFN3O5S/c1-20-6-10-28(35)31(21(2)39)38-14-12-26(38)17-37-18-33(13-4-5-23-15-25(34)8-9-27(23)33)19-43-30-11-7-24(16-29(30)37)32(40)36-44(41,42)22(20)3/h7-11,15-16,20-22,26,31,39H,4-6,12-14,17-19H2,1-3H3,(H,36,40)/b28-10-/t20-,21-,22+,26-,31-,33-/m0/s1. The summed E-state index contributed by atoms with van der Waals surface area (Å²) in [5, 5.41) is 10.5. The van der Waals surface area contributed by atoms with Crippen molar-refractivity contribution in [1.82, 2.24) is 9.62 Å². The van der Waals surface area contributed by atoms with Crippen LogP contribution < -0.4 is 14.4 Å². The summed E-state index contributed by atoms with van der Waals surface area (Å²) in [5.74, 6) is -1.04. The molecule has 0 radical (unpaired) electrons. The molecule has 0 aromatic heterocycles. The molecular weight excluding hydrogens is 605 g/mol. The maximum absolute atomic E-state index is 15.8. The number of anilines is 1. The molecule has 44 heavy (non-hydrogen) atoms. The molecule has 2 aromatic carbocycles. The third-order valence-corrected chi connectivity index (χ3v) is 12.4. The number of carbonyl (C=O) groups excluding carboxylic acids is 1. The summed E-state index contributed by atoms with van der Waals surface area (Å²) in [6.07, 6.45) is 4.21. The second kappa shape index (κ2) is 11.9. The van der Waals surface area contributed by atoms with Crippen LogP contribution in [-0.2, 0) is 21.9 Å². The van der Waals surface area contributed by atoms with Crippen LogP contribution >= 0.6 is 11.6 Å². The van der Waals surface area contributed by atoms with Crippen molar-refractivity contribution in [2.45, 2.75) is 81.7 Å². The van der Waals surface area contributed by atoms with Crippen LogP contribution in [0.1, 0.15) is 67.9 Å². The van der Waals surface area contributed by atoms with Crippen LogP contribution in [0, 0.1) is 5.92 Å². The fraction of sp³-hybridized carbons (Fsp3) is 0.545. The number of nitrogens with one attached hydrogen (secondary N) is 1. The molecule has 1 fully saturated rings. The van der Waals surface area contributed by atoms with Gasteiger partial charge in [0.2, 0.25) is 10.0 Å². The first-order chi connectivity index (χ1) is 20.9. The maximum Gasteiger partial charge on any atom is 0.264 e. The highest BCUT2D eigenvalue weighted by Crippen LogP contribution is 2.45. The van der Waals surface area contributed by atoms with E-state index in [-0.39, 0.29) is 23.4 Å². The number of hydrogen-bond donors (Lipinski definition) is 2. The first-order valence-corrected chi connectivity index (χ1v) is 17.5. The number of ether oxygens (including phenoxy) is 1. The van der Waals surface area contributed by atoms with Crippen LogP contribution in [0.4, 0.5) is 10.1 Å². The van der Waals surface area contributed by atoms with Crippen LogP contribution in [0.5, 0.6) is 5.75 Å². The van der Waals surface area contributed by atoms with E-state index in [0.717, 1.165) is 25.7 Å². The molecule has 3 aliphatic heterocycles. The van der Waals surface area contributed by atoms with E-state index in [9.17, 15) is 18.3 Å². The lowest BCUT2D eigenvalue weighted by Crippen LogP contribution is -2.61. The SMILES string of the molecule is C[C@H](O)[C@H]1/C(F)=C/C[C@H](C)[C@@H](C)S(=O)(=O)NC(=O)c2ccc3c(c2)N(C[C@@H]2CCN21)C[C@@]1(CCCc2cc(Cl)ccc21)CO3. The number of sulfonamides is 1. The van der Waals surface area contributed by atoms with Gasteiger partial charge in [-0.3, -0.25) is 9.69 Å². The molecule has 1 aliphatic carbocycles. The van der Waals surface area contributed by atoms with E-state index in [4.69, 9.17) is 16.3 Å². The average Bonchev–Trinajstić information content (AvgIpc) is 3.12. The quantitative estimate of drug-likeness (QED) is 0.452. The van der Waals surface area contributed by atoms with Gasteiger partial charge in [-0.05, 0) is 93.3 Å². The lowest BCUT2D eigenvalue weighted by Gasteiger charge is -2.49. The van der Waals surface area contributed by atoms with Crippen molar-refractivity contribution in [3.05, 3.63) is 70.0 Å². The van der Waals surface area contributed by atoms with Gasteiger partial charge in [0.15, 0.2) is 0 Å². The molecule has 11 heteroatoms. The lowest BCUT2D eigenvalue weighted by atomic mass is 9.70. The van der Waals surface area contributed by atoms with E-state index < -0.39 is 45.1 Å². The zero-order chi connectivity index (χ0) is 31.4.